The summed E-state index contributed by atoms with van der Waals surface area (Å²) >= 11 is 0. The maximum absolute atomic E-state index is 12.4. The smallest absolute Gasteiger partial charge is 0.295 e. The molecule has 0 aliphatic rings. The van der Waals surface area contributed by atoms with Gasteiger partial charge in [-0.3, -0.25) is 0 Å². The first-order valence-electron chi connectivity index (χ1n) is 5.92. The third kappa shape index (κ3) is 3.14. The van der Waals surface area contributed by atoms with E-state index in [1.807, 2.05) is 19.0 Å². The van der Waals surface area contributed by atoms with Crippen molar-refractivity contribution in [1.82, 2.24) is 15.2 Å². The lowest BCUT2D eigenvalue weighted by Crippen LogP contribution is -2.20. The summed E-state index contributed by atoms with van der Waals surface area (Å²) in [5, 5.41) is 6.64. The molecule has 0 saturated heterocycles. The normalized spacial score (nSPS) is 11.8. The molecule has 0 aliphatic carbocycles. The predicted molar refractivity (Wildman–Crippen MR) is 70.2 cm³/mol. The Morgan fingerprint density at radius 1 is 1.20 bits per heavy atom. The summed E-state index contributed by atoms with van der Waals surface area (Å²) in [6, 6.07) is 7.95. The van der Waals surface area contributed by atoms with Crippen LogP contribution < -0.4 is 4.74 Å². The fraction of sp³-hybridized carbons (Fsp3) is 0.333. The molecule has 0 N–H and O–H groups in total. The Bertz CT molecular complexity index is 652. The minimum Gasteiger partial charge on any atom is -0.472 e. The van der Waals surface area contributed by atoms with Gasteiger partial charge in [0, 0.05) is 6.54 Å². The Morgan fingerprint density at radius 2 is 1.90 bits per heavy atom. The molecular weight excluding hydrogens is 282 g/mol. The van der Waals surface area contributed by atoms with Crippen molar-refractivity contribution in [2.45, 2.75) is 9.92 Å². The van der Waals surface area contributed by atoms with E-state index < -0.39 is 9.84 Å². The second kappa shape index (κ2) is 6.02. The largest absolute Gasteiger partial charge is 0.472 e. The summed E-state index contributed by atoms with van der Waals surface area (Å²) in [5.74, 6) is -0.115. The fourth-order valence-electron chi connectivity index (χ4n) is 1.46. The lowest BCUT2D eigenvalue weighted by Gasteiger charge is -2.09. The molecule has 20 heavy (non-hydrogen) atoms. The van der Waals surface area contributed by atoms with Gasteiger partial charge in [-0.05, 0) is 36.5 Å². The summed E-state index contributed by atoms with van der Waals surface area (Å²) in [5.41, 5.74) is 0. The van der Waals surface area contributed by atoms with Crippen LogP contribution in [-0.2, 0) is 9.84 Å². The zero-order valence-electron chi connectivity index (χ0n) is 11.2. The molecule has 0 saturated carbocycles. The van der Waals surface area contributed by atoms with Crippen LogP contribution in [-0.4, -0.2) is 50.9 Å². The Kier molecular flexibility index (Phi) is 4.35. The molecular formula is C12H15N3O4S. The number of hydrogen-bond donors (Lipinski definition) is 0. The highest BCUT2D eigenvalue weighted by Gasteiger charge is 2.28. The first-order valence-corrected chi connectivity index (χ1v) is 7.40. The van der Waals surface area contributed by atoms with Crippen LogP contribution in [0.5, 0.6) is 5.88 Å². The number of ether oxygens (including phenoxy) is 1. The Labute approximate surface area is 117 Å². The van der Waals surface area contributed by atoms with E-state index in [9.17, 15) is 8.42 Å². The summed E-state index contributed by atoms with van der Waals surface area (Å²) < 4.78 is 34.5. The standard InChI is InChI=1S/C12H15N3O4S/c1-15(2)8-9-18-11-12(14-19-13-11)20(16,17)10-6-4-3-5-7-10/h3-7H,8-9H2,1-2H3. The topological polar surface area (TPSA) is 85.5 Å². The van der Waals surface area contributed by atoms with E-state index >= 15 is 0 Å². The first-order chi connectivity index (χ1) is 9.51. The van der Waals surface area contributed by atoms with Crippen LogP contribution in [0.1, 0.15) is 0 Å². The van der Waals surface area contributed by atoms with Gasteiger partial charge in [0.05, 0.1) is 4.90 Å². The molecule has 0 amide bonds. The van der Waals surface area contributed by atoms with Crippen LogP contribution >= 0.6 is 0 Å². The van der Waals surface area contributed by atoms with Gasteiger partial charge < -0.3 is 9.64 Å². The van der Waals surface area contributed by atoms with Gasteiger partial charge in [-0.15, -0.1) is 0 Å². The van der Waals surface area contributed by atoms with Crippen molar-refractivity contribution in [3.63, 3.8) is 0 Å². The SMILES string of the molecule is CN(C)CCOc1nonc1S(=O)(=O)c1ccccc1. The van der Waals surface area contributed by atoms with Crippen molar-refractivity contribution < 1.29 is 17.8 Å². The quantitative estimate of drug-likeness (QED) is 0.781. The molecule has 1 aromatic carbocycles. The number of sulfone groups is 1. The average molecular weight is 297 g/mol. The molecule has 0 radical (unpaired) electrons. The number of nitrogens with zero attached hydrogens (tertiary/aromatic N) is 3. The molecule has 0 atom stereocenters. The molecule has 108 valence electrons. The van der Waals surface area contributed by atoms with Crippen molar-refractivity contribution >= 4 is 9.84 Å². The Morgan fingerprint density at radius 3 is 2.55 bits per heavy atom. The number of rotatable bonds is 6. The highest BCUT2D eigenvalue weighted by molar-refractivity contribution is 7.91. The lowest BCUT2D eigenvalue weighted by molar-refractivity contribution is 0.230. The van der Waals surface area contributed by atoms with Crippen LogP contribution in [0.4, 0.5) is 0 Å². The van der Waals surface area contributed by atoms with Crippen LogP contribution in [0, 0.1) is 0 Å². The van der Waals surface area contributed by atoms with Gasteiger partial charge >= 0.3 is 0 Å². The van der Waals surface area contributed by atoms with Crippen molar-refractivity contribution in [3.8, 4) is 5.88 Å². The molecule has 7 nitrogen and oxygen atoms in total. The van der Waals surface area contributed by atoms with E-state index in [1.54, 1.807) is 18.2 Å². The number of hydrogen-bond acceptors (Lipinski definition) is 7. The van der Waals surface area contributed by atoms with Crippen molar-refractivity contribution in [2.24, 2.45) is 0 Å². The molecule has 0 spiro atoms. The van der Waals surface area contributed by atoms with E-state index in [0.717, 1.165) is 0 Å². The van der Waals surface area contributed by atoms with E-state index in [4.69, 9.17) is 4.74 Å². The summed E-state index contributed by atoms with van der Waals surface area (Å²) in [6.07, 6.45) is 0. The molecule has 0 bridgehead atoms. The fourth-order valence-corrected chi connectivity index (χ4v) is 2.66. The van der Waals surface area contributed by atoms with E-state index in [2.05, 4.69) is 14.9 Å². The maximum Gasteiger partial charge on any atom is 0.295 e. The molecule has 8 heteroatoms. The van der Waals surface area contributed by atoms with E-state index in [-0.39, 0.29) is 15.8 Å². The van der Waals surface area contributed by atoms with Crippen molar-refractivity contribution in [2.75, 3.05) is 27.2 Å². The molecule has 2 rings (SSSR count). The molecule has 0 fully saturated rings. The molecule has 0 unspecified atom stereocenters. The van der Waals surface area contributed by atoms with Crippen molar-refractivity contribution in [1.29, 1.82) is 0 Å². The maximum atomic E-state index is 12.4. The number of aromatic nitrogens is 2. The predicted octanol–water partition coefficient (Wildman–Crippen LogP) is 0.843. The van der Waals surface area contributed by atoms with Gasteiger partial charge in [-0.25, -0.2) is 13.0 Å². The average Bonchev–Trinajstić information content (AvgIpc) is 2.88. The highest BCUT2D eigenvalue weighted by Crippen LogP contribution is 2.25. The van der Waals surface area contributed by atoms with Crippen LogP contribution in [0.25, 0.3) is 0 Å². The van der Waals surface area contributed by atoms with E-state index in [0.29, 0.717) is 13.2 Å². The second-order valence-electron chi connectivity index (χ2n) is 4.34. The Balaban J connectivity index is 2.23. The van der Waals surface area contributed by atoms with Gasteiger partial charge in [0.25, 0.3) is 10.9 Å². The summed E-state index contributed by atoms with van der Waals surface area (Å²) in [4.78, 5) is 2.02. The zero-order chi connectivity index (χ0) is 14.6. The van der Waals surface area contributed by atoms with Gasteiger partial charge in [-0.2, -0.15) is 0 Å². The number of benzene rings is 1. The van der Waals surface area contributed by atoms with E-state index in [1.165, 1.54) is 12.1 Å². The zero-order valence-corrected chi connectivity index (χ0v) is 12.0. The van der Waals surface area contributed by atoms with Crippen LogP contribution in [0.2, 0.25) is 0 Å². The Hall–Kier alpha value is -1.93. The third-order valence-electron chi connectivity index (χ3n) is 2.52. The second-order valence-corrected chi connectivity index (χ2v) is 6.21. The van der Waals surface area contributed by atoms with Crippen LogP contribution in [0.3, 0.4) is 0 Å². The van der Waals surface area contributed by atoms with Gasteiger partial charge in [0.1, 0.15) is 6.61 Å². The van der Waals surface area contributed by atoms with Crippen LogP contribution in [0.15, 0.2) is 44.9 Å². The number of likely N-dealkylation sites (N-methyl/N-ethyl adjacent to an activating group) is 1. The van der Waals surface area contributed by atoms with Gasteiger partial charge in [-0.1, -0.05) is 18.2 Å². The minimum absolute atomic E-state index is 0.115. The summed E-state index contributed by atoms with van der Waals surface area (Å²) in [6.45, 7) is 0.913. The molecule has 1 aromatic heterocycles. The van der Waals surface area contributed by atoms with Gasteiger partial charge in [0.15, 0.2) is 0 Å². The third-order valence-corrected chi connectivity index (χ3v) is 4.17. The molecule has 2 aromatic rings. The molecule has 1 heterocycles. The first kappa shape index (κ1) is 14.5. The lowest BCUT2D eigenvalue weighted by atomic mass is 10.4. The highest BCUT2D eigenvalue weighted by atomic mass is 32.2. The molecule has 0 aliphatic heterocycles. The monoisotopic (exact) mass is 297 g/mol. The van der Waals surface area contributed by atoms with Crippen molar-refractivity contribution in [3.05, 3.63) is 30.3 Å². The van der Waals surface area contributed by atoms with Gasteiger partial charge in [0.2, 0.25) is 9.84 Å². The minimum atomic E-state index is -3.78. The summed E-state index contributed by atoms with van der Waals surface area (Å²) in [7, 11) is -0.0210.